The van der Waals surface area contributed by atoms with Crippen molar-refractivity contribution in [2.45, 2.75) is 38.0 Å². The average molecular weight is 219 g/mol. The van der Waals surface area contributed by atoms with Gasteiger partial charge in [0.05, 0.1) is 5.92 Å². The van der Waals surface area contributed by atoms with E-state index in [-0.39, 0.29) is 11.8 Å². The number of hydrogen-bond acceptors (Lipinski definition) is 2. The molecule has 1 aromatic rings. The predicted molar refractivity (Wildman–Crippen MR) is 61.2 cm³/mol. The maximum atomic E-state index is 11.4. The van der Waals surface area contributed by atoms with Gasteiger partial charge in [0.1, 0.15) is 0 Å². The highest BCUT2D eigenvalue weighted by molar-refractivity contribution is 5.76. The van der Waals surface area contributed by atoms with Gasteiger partial charge < -0.3 is 5.11 Å². The normalized spacial score (nSPS) is 19.2. The summed E-state index contributed by atoms with van der Waals surface area (Å²) in [6, 6.07) is 3.69. The zero-order valence-corrected chi connectivity index (χ0v) is 9.30. The lowest BCUT2D eigenvalue weighted by Gasteiger charge is -2.27. The summed E-state index contributed by atoms with van der Waals surface area (Å²) in [6.45, 7) is 0. The first-order valence-electron chi connectivity index (χ1n) is 5.92. The number of aromatic nitrogens is 1. The molecule has 0 aromatic carbocycles. The topological polar surface area (TPSA) is 50.2 Å². The SMILES string of the molecule is O=C(O)[C@@H](c1cccnc1)C1CCCCC1. The van der Waals surface area contributed by atoms with Gasteiger partial charge in [0.25, 0.3) is 0 Å². The molecule has 1 N–H and O–H groups in total. The van der Waals surface area contributed by atoms with E-state index in [1.165, 1.54) is 6.42 Å². The van der Waals surface area contributed by atoms with Crippen molar-refractivity contribution in [3.63, 3.8) is 0 Å². The monoisotopic (exact) mass is 219 g/mol. The van der Waals surface area contributed by atoms with Gasteiger partial charge in [-0.25, -0.2) is 0 Å². The summed E-state index contributed by atoms with van der Waals surface area (Å²) >= 11 is 0. The van der Waals surface area contributed by atoms with Gasteiger partial charge in [-0.1, -0.05) is 25.3 Å². The van der Waals surface area contributed by atoms with E-state index in [9.17, 15) is 9.90 Å². The molecule has 0 bridgehead atoms. The molecule has 3 nitrogen and oxygen atoms in total. The number of hydrogen-bond donors (Lipinski definition) is 1. The van der Waals surface area contributed by atoms with Gasteiger partial charge in [0.2, 0.25) is 0 Å². The van der Waals surface area contributed by atoms with Crippen molar-refractivity contribution in [2.24, 2.45) is 5.92 Å². The Kier molecular flexibility index (Phi) is 3.54. The highest BCUT2D eigenvalue weighted by Gasteiger charge is 2.30. The summed E-state index contributed by atoms with van der Waals surface area (Å²) in [6.07, 6.45) is 9.01. The molecule has 86 valence electrons. The van der Waals surface area contributed by atoms with E-state index < -0.39 is 5.97 Å². The van der Waals surface area contributed by atoms with Crippen LogP contribution in [-0.4, -0.2) is 16.1 Å². The van der Waals surface area contributed by atoms with E-state index in [4.69, 9.17) is 0 Å². The number of carboxylic acid groups (broad SMARTS) is 1. The van der Waals surface area contributed by atoms with Gasteiger partial charge in [0, 0.05) is 12.4 Å². The molecule has 0 radical (unpaired) electrons. The minimum atomic E-state index is -0.708. The number of carboxylic acids is 1. The Morgan fingerprint density at radius 1 is 1.38 bits per heavy atom. The summed E-state index contributed by atoms with van der Waals surface area (Å²) < 4.78 is 0. The van der Waals surface area contributed by atoms with Crippen LogP contribution in [0.25, 0.3) is 0 Å². The molecule has 1 saturated carbocycles. The largest absolute Gasteiger partial charge is 0.481 e. The average Bonchev–Trinajstić information content (AvgIpc) is 2.31. The van der Waals surface area contributed by atoms with Crippen LogP contribution in [0.3, 0.4) is 0 Å². The first-order valence-corrected chi connectivity index (χ1v) is 5.92. The Hall–Kier alpha value is -1.38. The molecule has 1 aromatic heterocycles. The van der Waals surface area contributed by atoms with Crippen molar-refractivity contribution in [3.8, 4) is 0 Å². The van der Waals surface area contributed by atoms with Crippen LogP contribution in [0.2, 0.25) is 0 Å². The smallest absolute Gasteiger partial charge is 0.311 e. The van der Waals surface area contributed by atoms with E-state index >= 15 is 0 Å². The van der Waals surface area contributed by atoms with Crippen LogP contribution in [-0.2, 0) is 4.79 Å². The number of nitrogens with zero attached hydrogens (tertiary/aromatic N) is 1. The third-order valence-corrected chi connectivity index (χ3v) is 3.43. The van der Waals surface area contributed by atoms with Gasteiger partial charge in [-0.2, -0.15) is 0 Å². The molecule has 1 aliphatic rings. The fraction of sp³-hybridized carbons (Fsp3) is 0.538. The quantitative estimate of drug-likeness (QED) is 0.850. The number of rotatable bonds is 3. The molecular formula is C13H17NO2. The zero-order valence-electron chi connectivity index (χ0n) is 9.30. The van der Waals surface area contributed by atoms with Gasteiger partial charge in [-0.3, -0.25) is 9.78 Å². The number of aliphatic carboxylic acids is 1. The summed E-state index contributed by atoms with van der Waals surface area (Å²) in [4.78, 5) is 15.4. The highest BCUT2D eigenvalue weighted by atomic mass is 16.4. The predicted octanol–water partition coefficient (Wildman–Crippen LogP) is 2.83. The third kappa shape index (κ3) is 2.40. The Labute approximate surface area is 95.5 Å². The van der Waals surface area contributed by atoms with Crippen LogP contribution in [0.15, 0.2) is 24.5 Å². The second kappa shape index (κ2) is 5.10. The first kappa shape index (κ1) is 11.1. The minimum absolute atomic E-state index is 0.287. The second-order valence-corrected chi connectivity index (χ2v) is 4.50. The van der Waals surface area contributed by atoms with E-state index in [0.29, 0.717) is 0 Å². The number of carbonyl (C=O) groups is 1. The summed E-state index contributed by atoms with van der Waals surface area (Å²) in [5, 5.41) is 9.35. The van der Waals surface area contributed by atoms with E-state index in [2.05, 4.69) is 4.98 Å². The van der Waals surface area contributed by atoms with Crippen molar-refractivity contribution >= 4 is 5.97 Å². The lowest BCUT2D eigenvalue weighted by molar-refractivity contribution is -0.140. The summed E-state index contributed by atoms with van der Waals surface area (Å²) in [5.41, 5.74) is 0.849. The van der Waals surface area contributed by atoms with Crippen molar-refractivity contribution in [1.82, 2.24) is 4.98 Å². The molecule has 0 amide bonds. The Bertz CT molecular complexity index is 344. The lowest BCUT2D eigenvalue weighted by atomic mass is 9.77. The summed E-state index contributed by atoms with van der Waals surface area (Å²) in [5.74, 6) is -0.788. The summed E-state index contributed by atoms with van der Waals surface area (Å²) in [7, 11) is 0. The van der Waals surface area contributed by atoms with Gasteiger partial charge >= 0.3 is 5.97 Å². The van der Waals surface area contributed by atoms with Crippen molar-refractivity contribution < 1.29 is 9.90 Å². The maximum Gasteiger partial charge on any atom is 0.311 e. The van der Waals surface area contributed by atoms with Crippen LogP contribution >= 0.6 is 0 Å². The zero-order chi connectivity index (χ0) is 11.4. The molecule has 16 heavy (non-hydrogen) atoms. The van der Waals surface area contributed by atoms with E-state index in [1.807, 2.05) is 12.1 Å². The molecule has 0 spiro atoms. The molecule has 0 saturated heterocycles. The minimum Gasteiger partial charge on any atom is -0.481 e. The molecule has 1 heterocycles. The van der Waals surface area contributed by atoms with Crippen molar-refractivity contribution in [1.29, 1.82) is 0 Å². The Morgan fingerprint density at radius 2 is 2.12 bits per heavy atom. The standard InChI is InChI=1S/C13H17NO2/c15-13(16)12(10-5-2-1-3-6-10)11-7-4-8-14-9-11/h4,7-10,12H,1-3,5-6H2,(H,15,16)/t12-/m1/s1. The van der Waals surface area contributed by atoms with Gasteiger partial charge in [0.15, 0.2) is 0 Å². The Morgan fingerprint density at radius 3 is 2.69 bits per heavy atom. The van der Waals surface area contributed by atoms with Crippen LogP contribution in [0.4, 0.5) is 0 Å². The first-order chi connectivity index (χ1) is 7.79. The maximum absolute atomic E-state index is 11.4. The molecule has 2 rings (SSSR count). The molecular weight excluding hydrogens is 202 g/mol. The van der Waals surface area contributed by atoms with Gasteiger partial charge in [-0.05, 0) is 30.4 Å². The lowest BCUT2D eigenvalue weighted by Crippen LogP contribution is -2.23. The highest BCUT2D eigenvalue weighted by Crippen LogP contribution is 2.35. The second-order valence-electron chi connectivity index (χ2n) is 4.50. The molecule has 3 heteroatoms. The van der Waals surface area contributed by atoms with Crippen molar-refractivity contribution in [3.05, 3.63) is 30.1 Å². The molecule has 1 atom stereocenters. The fourth-order valence-corrected chi connectivity index (χ4v) is 2.64. The van der Waals surface area contributed by atoms with Crippen molar-refractivity contribution in [2.75, 3.05) is 0 Å². The third-order valence-electron chi connectivity index (χ3n) is 3.43. The van der Waals surface area contributed by atoms with Gasteiger partial charge in [-0.15, -0.1) is 0 Å². The number of pyridine rings is 1. The fourth-order valence-electron chi connectivity index (χ4n) is 2.64. The van der Waals surface area contributed by atoms with Crippen LogP contribution in [0.1, 0.15) is 43.6 Å². The molecule has 1 aliphatic carbocycles. The van der Waals surface area contributed by atoms with E-state index in [0.717, 1.165) is 31.2 Å². The van der Waals surface area contributed by atoms with Crippen LogP contribution in [0, 0.1) is 5.92 Å². The van der Waals surface area contributed by atoms with Crippen LogP contribution in [0.5, 0.6) is 0 Å². The molecule has 0 unspecified atom stereocenters. The molecule has 0 aliphatic heterocycles. The van der Waals surface area contributed by atoms with E-state index in [1.54, 1.807) is 12.4 Å². The van der Waals surface area contributed by atoms with Crippen LogP contribution < -0.4 is 0 Å². The molecule has 1 fully saturated rings. The Balaban J connectivity index is 2.20.